The number of likely N-dealkylation sites (tertiary alicyclic amines) is 1. The third kappa shape index (κ3) is 6.10. The van der Waals surface area contributed by atoms with Crippen LogP contribution in [0.15, 0.2) is 0 Å². The van der Waals surface area contributed by atoms with Gasteiger partial charge in [0.1, 0.15) is 5.60 Å². The first-order valence-electron chi connectivity index (χ1n) is 12.5. The first-order valence-corrected chi connectivity index (χ1v) is 13.3. The molecule has 1 amide bonds. The zero-order chi connectivity index (χ0) is 24.3. The topological polar surface area (TPSA) is 76.1 Å². The summed E-state index contributed by atoms with van der Waals surface area (Å²) < 4.78 is 11.1. The van der Waals surface area contributed by atoms with Crippen LogP contribution in [0.1, 0.15) is 104 Å². The minimum atomic E-state index is -0.856. The van der Waals surface area contributed by atoms with E-state index in [4.69, 9.17) is 9.47 Å². The molecular weight excluding hydrogens is 438 g/mol. The number of carboxylic acids is 1. The third-order valence-electron chi connectivity index (χ3n) is 7.18. The molecule has 33 heavy (non-hydrogen) atoms. The molecule has 0 aromatic carbocycles. The lowest BCUT2D eigenvalue weighted by atomic mass is 9.75. The summed E-state index contributed by atoms with van der Waals surface area (Å²) in [5.74, 6) is 0.661. The van der Waals surface area contributed by atoms with Crippen molar-refractivity contribution < 1.29 is 24.2 Å². The Balaban J connectivity index is 1.86. The van der Waals surface area contributed by atoms with Crippen LogP contribution in [0.2, 0.25) is 0 Å². The maximum atomic E-state index is 12.6. The summed E-state index contributed by atoms with van der Waals surface area (Å²) in [4.78, 5) is 28.7. The summed E-state index contributed by atoms with van der Waals surface area (Å²) in [5.41, 5.74) is 0.834. The first kappa shape index (κ1) is 26.0. The van der Waals surface area contributed by atoms with Gasteiger partial charge in [0.25, 0.3) is 0 Å². The van der Waals surface area contributed by atoms with Crippen molar-refractivity contribution in [2.45, 2.75) is 91.1 Å². The molecule has 0 bridgehead atoms. The van der Waals surface area contributed by atoms with E-state index in [9.17, 15) is 14.7 Å². The Bertz CT molecular complexity index is 836. The molecule has 2 fully saturated rings. The number of aromatic carboxylic acids is 1. The van der Waals surface area contributed by atoms with Crippen LogP contribution in [0.25, 0.3) is 0 Å². The molecule has 2 aliphatic rings. The molecule has 0 radical (unpaired) electrons. The smallest absolute Gasteiger partial charge is 0.410 e. The zero-order valence-corrected chi connectivity index (χ0v) is 21.9. The van der Waals surface area contributed by atoms with Crippen LogP contribution in [-0.2, 0) is 9.47 Å². The van der Waals surface area contributed by atoms with Crippen molar-refractivity contribution in [3.63, 3.8) is 0 Å². The van der Waals surface area contributed by atoms with Gasteiger partial charge in [0.05, 0.1) is 5.56 Å². The monoisotopic (exact) mass is 479 g/mol. The second-order valence-corrected chi connectivity index (χ2v) is 11.8. The lowest BCUT2D eigenvalue weighted by Crippen LogP contribution is -2.35. The second kappa shape index (κ2) is 10.8. The van der Waals surface area contributed by atoms with Gasteiger partial charge in [-0.2, -0.15) is 0 Å². The van der Waals surface area contributed by atoms with Gasteiger partial charge in [0, 0.05) is 42.0 Å². The van der Waals surface area contributed by atoms with Crippen molar-refractivity contribution in [3.8, 4) is 0 Å². The lowest BCUT2D eigenvalue weighted by Gasteiger charge is -2.34. The van der Waals surface area contributed by atoms with E-state index in [2.05, 4.69) is 13.8 Å². The molecule has 186 valence electrons. The lowest BCUT2D eigenvalue weighted by molar-refractivity contribution is 0.0292. The summed E-state index contributed by atoms with van der Waals surface area (Å²) in [6, 6.07) is 0. The van der Waals surface area contributed by atoms with Crippen LogP contribution in [-0.4, -0.2) is 54.0 Å². The highest BCUT2D eigenvalue weighted by Gasteiger charge is 2.37. The second-order valence-electron chi connectivity index (χ2n) is 10.7. The predicted octanol–water partition coefficient (Wildman–Crippen LogP) is 6.43. The Labute approximate surface area is 202 Å². The van der Waals surface area contributed by atoms with E-state index in [0.29, 0.717) is 36.4 Å². The van der Waals surface area contributed by atoms with Crippen LogP contribution in [0.3, 0.4) is 0 Å². The van der Waals surface area contributed by atoms with E-state index in [1.807, 2.05) is 27.7 Å². The van der Waals surface area contributed by atoms with Crippen molar-refractivity contribution in [1.82, 2.24) is 4.90 Å². The maximum absolute atomic E-state index is 12.6. The van der Waals surface area contributed by atoms with Gasteiger partial charge in [-0.3, -0.25) is 0 Å². The van der Waals surface area contributed by atoms with Gasteiger partial charge in [0.2, 0.25) is 0 Å². The van der Waals surface area contributed by atoms with Crippen molar-refractivity contribution in [2.75, 3.05) is 26.3 Å². The Morgan fingerprint density at radius 1 is 1.24 bits per heavy atom. The standard InChI is InChI=1S/C26H41NO5S/c1-7-8-20(18-10-13-31-14-11-18)16(2)22-17(3)21(24(28)29)23(33-22)19-9-12-27(15-19)25(30)32-26(4,5)6/h16,18-20H,7-15H2,1-6H3,(H,28,29). The number of nitrogens with zero attached hydrogens (tertiary/aromatic N) is 1. The molecule has 0 saturated carbocycles. The molecule has 0 spiro atoms. The van der Waals surface area contributed by atoms with E-state index in [0.717, 1.165) is 55.8 Å². The van der Waals surface area contributed by atoms with Gasteiger partial charge in [-0.05, 0) is 76.7 Å². The van der Waals surface area contributed by atoms with Crippen LogP contribution in [0.4, 0.5) is 4.79 Å². The largest absolute Gasteiger partial charge is 0.478 e. The summed E-state index contributed by atoms with van der Waals surface area (Å²) in [6.45, 7) is 14.9. The van der Waals surface area contributed by atoms with Crippen molar-refractivity contribution in [1.29, 1.82) is 0 Å². The van der Waals surface area contributed by atoms with Crippen molar-refractivity contribution in [2.24, 2.45) is 11.8 Å². The summed E-state index contributed by atoms with van der Waals surface area (Å²) in [5, 5.41) is 10.1. The summed E-state index contributed by atoms with van der Waals surface area (Å²) in [6.07, 6.45) is 4.91. The minimum absolute atomic E-state index is 0.0426. The number of hydrogen-bond acceptors (Lipinski definition) is 5. The van der Waals surface area contributed by atoms with Gasteiger partial charge in [-0.15, -0.1) is 11.3 Å². The average molecular weight is 480 g/mol. The van der Waals surface area contributed by atoms with Gasteiger partial charge in [-0.25, -0.2) is 9.59 Å². The molecule has 2 aliphatic heterocycles. The molecule has 6 nitrogen and oxygen atoms in total. The number of thiophene rings is 1. The molecule has 3 atom stereocenters. The van der Waals surface area contributed by atoms with Crippen LogP contribution in [0, 0.1) is 18.8 Å². The van der Waals surface area contributed by atoms with E-state index in [1.165, 1.54) is 4.88 Å². The Hall–Kier alpha value is -1.60. The molecule has 7 heteroatoms. The number of hydrogen-bond donors (Lipinski definition) is 1. The maximum Gasteiger partial charge on any atom is 0.410 e. The predicted molar refractivity (Wildman–Crippen MR) is 132 cm³/mol. The van der Waals surface area contributed by atoms with Crippen molar-refractivity contribution >= 4 is 23.4 Å². The van der Waals surface area contributed by atoms with Gasteiger partial charge in [-0.1, -0.05) is 20.3 Å². The number of carbonyl (C=O) groups is 2. The van der Waals surface area contributed by atoms with Crippen LogP contribution in [0.5, 0.6) is 0 Å². The highest BCUT2D eigenvalue weighted by Crippen LogP contribution is 2.46. The SMILES string of the molecule is CCCC(C1CCOCC1)C(C)c1sc(C2CCN(C(=O)OC(C)(C)C)C2)c(C(=O)O)c1C. The highest BCUT2D eigenvalue weighted by molar-refractivity contribution is 7.12. The van der Waals surface area contributed by atoms with Crippen LogP contribution < -0.4 is 0 Å². The minimum Gasteiger partial charge on any atom is -0.478 e. The molecule has 1 aromatic rings. The van der Waals surface area contributed by atoms with E-state index in [1.54, 1.807) is 16.2 Å². The Morgan fingerprint density at radius 3 is 2.48 bits per heavy atom. The van der Waals surface area contributed by atoms with E-state index >= 15 is 0 Å². The fourth-order valence-electron chi connectivity index (χ4n) is 5.57. The normalized spacial score (nSPS) is 21.8. The molecule has 2 saturated heterocycles. The fraction of sp³-hybridized carbons (Fsp3) is 0.769. The number of carbonyl (C=O) groups excluding carboxylic acids is 1. The fourth-order valence-corrected chi connectivity index (χ4v) is 7.13. The average Bonchev–Trinajstić information content (AvgIpc) is 3.36. The highest BCUT2D eigenvalue weighted by atomic mass is 32.1. The van der Waals surface area contributed by atoms with E-state index in [-0.39, 0.29) is 12.0 Å². The molecule has 1 aromatic heterocycles. The number of amides is 1. The van der Waals surface area contributed by atoms with Gasteiger partial charge >= 0.3 is 12.1 Å². The van der Waals surface area contributed by atoms with Gasteiger partial charge in [0.15, 0.2) is 0 Å². The zero-order valence-electron chi connectivity index (χ0n) is 21.1. The molecule has 1 N–H and O–H groups in total. The summed E-state index contributed by atoms with van der Waals surface area (Å²) in [7, 11) is 0. The van der Waals surface area contributed by atoms with Gasteiger partial charge < -0.3 is 19.5 Å². The third-order valence-corrected chi connectivity index (χ3v) is 8.84. The quantitative estimate of drug-likeness (QED) is 0.488. The first-order chi connectivity index (χ1) is 15.5. The van der Waals surface area contributed by atoms with Crippen LogP contribution >= 0.6 is 11.3 Å². The molecule has 3 rings (SSSR count). The number of carboxylic acid groups (broad SMARTS) is 1. The number of rotatable bonds is 7. The molecular formula is C26H41NO5S. The Morgan fingerprint density at radius 2 is 1.91 bits per heavy atom. The van der Waals surface area contributed by atoms with E-state index < -0.39 is 11.6 Å². The molecule has 3 unspecified atom stereocenters. The number of ether oxygens (including phenoxy) is 2. The van der Waals surface area contributed by atoms with Crippen molar-refractivity contribution in [3.05, 3.63) is 20.9 Å². The Kier molecular flexibility index (Phi) is 8.49. The molecule has 3 heterocycles. The summed E-state index contributed by atoms with van der Waals surface area (Å²) >= 11 is 1.67. The molecule has 0 aliphatic carbocycles.